The molecule has 1 aromatic rings. The summed E-state index contributed by atoms with van der Waals surface area (Å²) >= 11 is 0. The molecule has 6 nitrogen and oxygen atoms in total. The summed E-state index contributed by atoms with van der Waals surface area (Å²) in [6, 6.07) is 3.03. The van der Waals surface area contributed by atoms with Crippen molar-refractivity contribution >= 4 is 15.7 Å². The highest BCUT2D eigenvalue weighted by molar-refractivity contribution is 7.89. The van der Waals surface area contributed by atoms with Gasteiger partial charge in [0.25, 0.3) is 0 Å². The molecule has 0 bridgehead atoms. The van der Waals surface area contributed by atoms with Crippen LogP contribution in [0.4, 0.5) is 10.1 Å². The SMILES string of the molecule is COCCC(C)(O)CNS(=O)(=O)c1cc(N)cc(F)c1. The second-order valence-corrected chi connectivity index (χ2v) is 6.55. The van der Waals surface area contributed by atoms with Gasteiger partial charge in [0.2, 0.25) is 10.0 Å². The number of benzene rings is 1. The third-order valence-electron chi connectivity index (χ3n) is 2.69. The van der Waals surface area contributed by atoms with Crippen LogP contribution in [0.5, 0.6) is 0 Å². The Kier molecular flexibility index (Phi) is 5.46. The lowest BCUT2D eigenvalue weighted by atomic mass is 10.0. The molecule has 4 N–H and O–H groups in total. The van der Waals surface area contributed by atoms with Crippen molar-refractivity contribution in [2.45, 2.75) is 23.8 Å². The second kappa shape index (κ2) is 6.49. The van der Waals surface area contributed by atoms with Crippen LogP contribution in [0.15, 0.2) is 23.1 Å². The molecular weight excluding hydrogens is 287 g/mol. The van der Waals surface area contributed by atoms with E-state index < -0.39 is 21.4 Å². The Morgan fingerprint density at radius 3 is 2.65 bits per heavy atom. The summed E-state index contributed by atoms with van der Waals surface area (Å²) in [5.74, 6) is -0.739. The van der Waals surface area contributed by atoms with E-state index in [9.17, 15) is 17.9 Å². The van der Waals surface area contributed by atoms with Gasteiger partial charge in [0.05, 0.1) is 10.5 Å². The highest BCUT2D eigenvalue weighted by atomic mass is 32.2. The van der Waals surface area contributed by atoms with Gasteiger partial charge < -0.3 is 15.6 Å². The van der Waals surface area contributed by atoms with Crippen molar-refractivity contribution < 1.29 is 22.7 Å². The third kappa shape index (κ3) is 5.04. The number of nitrogens with one attached hydrogen (secondary N) is 1. The number of anilines is 1. The minimum atomic E-state index is -3.93. The Morgan fingerprint density at radius 2 is 2.10 bits per heavy atom. The monoisotopic (exact) mass is 306 g/mol. The normalized spacial score (nSPS) is 15.0. The van der Waals surface area contributed by atoms with E-state index in [1.165, 1.54) is 14.0 Å². The summed E-state index contributed by atoms with van der Waals surface area (Å²) in [4.78, 5) is -0.280. The van der Waals surface area contributed by atoms with E-state index in [1.54, 1.807) is 0 Å². The van der Waals surface area contributed by atoms with Crippen LogP contribution in [0, 0.1) is 5.82 Å². The fraction of sp³-hybridized carbons (Fsp3) is 0.500. The third-order valence-corrected chi connectivity index (χ3v) is 4.07. The summed E-state index contributed by atoms with van der Waals surface area (Å²) in [5.41, 5.74) is 4.15. The lowest BCUT2D eigenvalue weighted by molar-refractivity contribution is 0.0292. The topological polar surface area (TPSA) is 102 Å². The van der Waals surface area contributed by atoms with Gasteiger partial charge in [-0.25, -0.2) is 17.5 Å². The number of ether oxygens (including phenoxy) is 1. The first-order valence-electron chi connectivity index (χ1n) is 5.93. The zero-order valence-electron chi connectivity index (χ0n) is 11.4. The summed E-state index contributed by atoms with van der Waals surface area (Å²) in [5, 5.41) is 9.96. The molecule has 0 spiro atoms. The largest absolute Gasteiger partial charge is 0.399 e. The van der Waals surface area contributed by atoms with Gasteiger partial charge in [-0.1, -0.05) is 0 Å². The summed E-state index contributed by atoms with van der Waals surface area (Å²) in [6.07, 6.45) is 0.261. The van der Waals surface area contributed by atoms with E-state index in [0.29, 0.717) is 6.61 Å². The van der Waals surface area contributed by atoms with Gasteiger partial charge in [-0.15, -0.1) is 0 Å². The highest BCUT2D eigenvalue weighted by Gasteiger charge is 2.24. The Bertz CT molecular complexity index is 540. The van der Waals surface area contributed by atoms with Crippen LogP contribution < -0.4 is 10.5 Å². The Morgan fingerprint density at radius 1 is 1.45 bits per heavy atom. The molecule has 0 radical (unpaired) electrons. The first-order valence-corrected chi connectivity index (χ1v) is 7.42. The van der Waals surface area contributed by atoms with Crippen LogP contribution in [0.3, 0.4) is 0 Å². The molecule has 0 aliphatic rings. The molecule has 1 unspecified atom stereocenters. The van der Waals surface area contributed by atoms with Crippen LogP contribution in [0.2, 0.25) is 0 Å². The van der Waals surface area contributed by atoms with Gasteiger partial charge in [0.15, 0.2) is 0 Å². The quantitative estimate of drug-likeness (QED) is 0.636. The van der Waals surface area contributed by atoms with Crippen molar-refractivity contribution in [1.29, 1.82) is 0 Å². The number of nitrogen functional groups attached to an aromatic ring is 1. The van der Waals surface area contributed by atoms with Crippen molar-refractivity contribution in [3.63, 3.8) is 0 Å². The van der Waals surface area contributed by atoms with Crippen molar-refractivity contribution in [3.05, 3.63) is 24.0 Å². The molecule has 0 amide bonds. The summed E-state index contributed by atoms with van der Waals surface area (Å²) in [6.45, 7) is 1.56. The van der Waals surface area contributed by atoms with Gasteiger partial charge in [0, 0.05) is 32.4 Å². The molecule has 0 saturated heterocycles. The number of nitrogens with two attached hydrogens (primary N) is 1. The number of halogens is 1. The molecule has 1 rings (SSSR count). The smallest absolute Gasteiger partial charge is 0.240 e. The first-order chi connectivity index (χ1) is 9.16. The van der Waals surface area contributed by atoms with Crippen molar-refractivity contribution in [1.82, 2.24) is 4.72 Å². The van der Waals surface area contributed by atoms with E-state index in [2.05, 4.69) is 4.72 Å². The number of methoxy groups -OCH3 is 1. The van der Waals surface area contributed by atoms with E-state index in [-0.39, 0.29) is 23.5 Å². The standard InChI is InChI=1S/C12H19FN2O4S/c1-12(16,3-4-19-2)8-15-20(17,18)11-6-9(13)5-10(14)7-11/h5-7,15-16H,3-4,8,14H2,1-2H3. The molecule has 0 heterocycles. The summed E-state index contributed by atoms with van der Waals surface area (Å²) in [7, 11) is -2.45. The maximum absolute atomic E-state index is 13.2. The summed E-state index contributed by atoms with van der Waals surface area (Å²) < 4.78 is 44.2. The molecule has 20 heavy (non-hydrogen) atoms. The number of sulfonamides is 1. The maximum Gasteiger partial charge on any atom is 0.240 e. The van der Waals surface area contributed by atoms with Gasteiger partial charge in [-0.3, -0.25) is 0 Å². The Balaban J connectivity index is 2.80. The molecule has 0 aromatic heterocycles. The second-order valence-electron chi connectivity index (χ2n) is 4.78. The van der Waals surface area contributed by atoms with Gasteiger partial charge in [-0.2, -0.15) is 0 Å². The molecular formula is C12H19FN2O4S. The predicted octanol–water partition coefficient (Wildman–Crippen LogP) is 0.474. The predicted molar refractivity (Wildman–Crippen MR) is 73.1 cm³/mol. The Hall–Kier alpha value is -1.22. The van der Waals surface area contributed by atoms with Crippen molar-refractivity contribution in [3.8, 4) is 0 Å². The van der Waals surface area contributed by atoms with Crippen LogP contribution in [0.1, 0.15) is 13.3 Å². The van der Waals surface area contributed by atoms with Crippen molar-refractivity contribution in [2.24, 2.45) is 0 Å². The first kappa shape index (κ1) is 16.8. The zero-order chi connectivity index (χ0) is 15.4. The highest BCUT2D eigenvalue weighted by Crippen LogP contribution is 2.16. The fourth-order valence-electron chi connectivity index (χ4n) is 1.48. The van der Waals surface area contributed by atoms with Crippen LogP contribution in [-0.4, -0.2) is 39.4 Å². The van der Waals surface area contributed by atoms with Gasteiger partial charge in [0.1, 0.15) is 5.82 Å². The molecule has 0 saturated carbocycles. The van der Waals surface area contributed by atoms with E-state index in [1.807, 2.05) is 0 Å². The maximum atomic E-state index is 13.2. The Labute approximate surface area is 117 Å². The number of rotatable bonds is 7. The lowest BCUT2D eigenvalue weighted by Gasteiger charge is -2.23. The molecule has 1 atom stereocenters. The number of hydrogen-bond donors (Lipinski definition) is 3. The average Bonchev–Trinajstić information content (AvgIpc) is 2.33. The lowest BCUT2D eigenvalue weighted by Crippen LogP contribution is -2.41. The van der Waals surface area contributed by atoms with Crippen LogP contribution in [0.25, 0.3) is 0 Å². The van der Waals surface area contributed by atoms with Crippen molar-refractivity contribution in [2.75, 3.05) is 26.0 Å². The molecule has 1 aromatic carbocycles. The fourth-order valence-corrected chi connectivity index (χ4v) is 2.71. The van der Waals surface area contributed by atoms with Crippen LogP contribution in [-0.2, 0) is 14.8 Å². The molecule has 0 aliphatic heterocycles. The van der Waals surface area contributed by atoms with E-state index >= 15 is 0 Å². The van der Waals surface area contributed by atoms with E-state index in [0.717, 1.165) is 18.2 Å². The van der Waals surface area contributed by atoms with Gasteiger partial charge >= 0.3 is 0 Å². The van der Waals surface area contributed by atoms with Gasteiger partial charge in [-0.05, 0) is 25.1 Å². The molecule has 0 fully saturated rings. The average molecular weight is 306 g/mol. The zero-order valence-corrected chi connectivity index (χ0v) is 12.2. The van der Waals surface area contributed by atoms with Crippen LogP contribution >= 0.6 is 0 Å². The van der Waals surface area contributed by atoms with E-state index in [4.69, 9.17) is 10.5 Å². The molecule has 0 aliphatic carbocycles. The molecule has 8 heteroatoms. The minimum absolute atomic E-state index is 0.0107. The minimum Gasteiger partial charge on any atom is -0.399 e. The number of aliphatic hydroxyl groups is 1. The molecule has 114 valence electrons. The number of hydrogen-bond acceptors (Lipinski definition) is 5.